The van der Waals surface area contributed by atoms with Crippen LogP contribution >= 0.6 is 0 Å². The number of aliphatic hydroxyl groups is 1. The molecule has 0 saturated carbocycles. The van der Waals surface area contributed by atoms with Crippen LogP contribution in [0, 0.1) is 0 Å². The third-order valence-corrected chi connectivity index (χ3v) is 6.72. The minimum atomic E-state index is -0.655. The number of nitrogens with zero attached hydrogens (tertiary/aromatic N) is 1. The van der Waals surface area contributed by atoms with E-state index in [-0.39, 0.29) is 18.8 Å². The number of hydrogen-bond acceptors (Lipinski definition) is 4. The van der Waals surface area contributed by atoms with Gasteiger partial charge in [0.2, 0.25) is 0 Å². The predicted octanol–water partition coefficient (Wildman–Crippen LogP) is 6.24. The molecule has 0 bridgehead atoms. The second-order valence-electron chi connectivity index (χ2n) is 9.04. The molecule has 3 aromatic carbocycles. The minimum absolute atomic E-state index is 0.0206. The van der Waals surface area contributed by atoms with Gasteiger partial charge in [-0.05, 0) is 29.5 Å². The smallest absolute Gasteiger partial charge is 0.411 e. The fraction of sp³-hybridized carbons (Fsp3) is 0.323. The molecule has 0 radical (unpaired) electrons. The van der Waals surface area contributed by atoms with E-state index in [9.17, 15) is 9.90 Å². The molecule has 188 valence electrons. The Bertz CT molecular complexity index is 1060. The molecule has 5 heteroatoms. The van der Waals surface area contributed by atoms with Crippen molar-refractivity contribution in [2.45, 2.75) is 57.1 Å². The van der Waals surface area contributed by atoms with Gasteiger partial charge in [-0.1, -0.05) is 117 Å². The first kappa shape index (κ1) is 25.7. The molecule has 1 aliphatic heterocycles. The van der Waals surface area contributed by atoms with E-state index in [0.29, 0.717) is 0 Å². The lowest BCUT2D eigenvalue weighted by atomic mass is 9.94. The third kappa shape index (κ3) is 5.86. The highest BCUT2D eigenvalue weighted by atomic mass is 16.6. The first-order chi connectivity index (χ1) is 17.7. The highest BCUT2D eigenvalue weighted by Crippen LogP contribution is 2.38. The van der Waals surface area contributed by atoms with E-state index in [1.54, 1.807) is 4.90 Å². The number of carbonyl (C=O) groups is 1. The van der Waals surface area contributed by atoms with Gasteiger partial charge in [-0.3, -0.25) is 4.90 Å². The summed E-state index contributed by atoms with van der Waals surface area (Å²) in [7, 11) is 0. The van der Waals surface area contributed by atoms with Crippen molar-refractivity contribution in [1.82, 2.24) is 4.90 Å². The lowest BCUT2D eigenvalue weighted by Crippen LogP contribution is -2.45. The van der Waals surface area contributed by atoms with E-state index in [0.717, 1.165) is 29.5 Å². The van der Waals surface area contributed by atoms with Crippen molar-refractivity contribution in [2.75, 3.05) is 6.61 Å². The van der Waals surface area contributed by atoms with E-state index in [4.69, 9.17) is 9.47 Å². The van der Waals surface area contributed by atoms with E-state index in [1.165, 1.54) is 0 Å². The maximum absolute atomic E-state index is 13.6. The molecule has 1 N–H and O–H groups in total. The van der Waals surface area contributed by atoms with Crippen LogP contribution in [0.5, 0.6) is 0 Å². The fourth-order valence-corrected chi connectivity index (χ4v) is 4.81. The Morgan fingerprint density at radius 1 is 0.889 bits per heavy atom. The maximum atomic E-state index is 13.6. The molecule has 1 amide bonds. The number of rotatable bonds is 11. The number of carbonyl (C=O) groups excluding carboxylic acids is 1. The standard InChI is InChI=1S/C31H35NO4/c1-3-26(4-2)35-28(22-33)30-27(21-20-23-14-8-5-9-15-23)32(31(34)36-30)29(24-16-10-6-11-17-24)25-18-12-7-13-19-25/h5-21,26-30,33H,3-4,22H2,1-2H3/b21-20+/t27-,28+,30-/m0/s1. The predicted molar refractivity (Wildman–Crippen MR) is 142 cm³/mol. The van der Waals surface area contributed by atoms with Gasteiger partial charge in [-0.15, -0.1) is 0 Å². The minimum Gasteiger partial charge on any atom is -0.441 e. The molecule has 36 heavy (non-hydrogen) atoms. The summed E-state index contributed by atoms with van der Waals surface area (Å²) in [5, 5.41) is 10.3. The SMILES string of the molecule is CCC(CC)O[C@H](CO)[C@H]1OC(=O)N(C(c2ccccc2)c2ccccc2)[C@H]1/C=C/c1ccccc1. The number of cyclic esters (lactones) is 1. The molecule has 3 atom stereocenters. The van der Waals surface area contributed by atoms with Gasteiger partial charge in [0.1, 0.15) is 6.10 Å². The summed E-state index contributed by atoms with van der Waals surface area (Å²) in [5.74, 6) is 0. The number of benzene rings is 3. The van der Waals surface area contributed by atoms with E-state index < -0.39 is 24.3 Å². The van der Waals surface area contributed by atoms with Crippen LogP contribution in [0.1, 0.15) is 49.4 Å². The molecule has 0 aromatic heterocycles. The summed E-state index contributed by atoms with van der Waals surface area (Å²) in [6.45, 7) is 3.88. The molecule has 4 rings (SSSR count). The quantitative estimate of drug-likeness (QED) is 0.349. The Balaban J connectivity index is 1.78. The lowest BCUT2D eigenvalue weighted by molar-refractivity contribution is -0.0948. The summed E-state index contributed by atoms with van der Waals surface area (Å²) in [6, 6.07) is 29.1. The Morgan fingerprint density at radius 3 is 1.92 bits per heavy atom. The van der Waals surface area contributed by atoms with Gasteiger partial charge in [0, 0.05) is 0 Å². The zero-order chi connectivity index (χ0) is 25.3. The van der Waals surface area contributed by atoms with Gasteiger partial charge >= 0.3 is 6.09 Å². The van der Waals surface area contributed by atoms with Gasteiger partial charge in [0.15, 0.2) is 6.10 Å². The van der Waals surface area contributed by atoms with Crippen LogP contribution < -0.4 is 0 Å². The number of ether oxygens (including phenoxy) is 2. The van der Waals surface area contributed by atoms with Crippen LogP contribution in [-0.2, 0) is 9.47 Å². The van der Waals surface area contributed by atoms with E-state index >= 15 is 0 Å². The van der Waals surface area contributed by atoms with Crippen LogP contribution in [0.25, 0.3) is 6.08 Å². The molecule has 0 aliphatic carbocycles. The molecule has 5 nitrogen and oxygen atoms in total. The third-order valence-electron chi connectivity index (χ3n) is 6.72. The number of amides is 1. The van der Waals surface area contributed by atoms with Crippen LogP contribution in [-0.4, -0.2) is 47.1 Å². The maximum Gasteiger partial charge on any atom is 0.411 e. The first-order valence-corrected chi connectivity index (χ1v) is 12.7. The van der Waals surface area contributed by atoms with Gasteiger partial charge < -0.3 is 14.6 Å². The summed E-state index contributed by atoms with van der Waals surface area (Å²) in [5.41, 5.74) is 3.00. The normalized spacial score (nSPS) is 18.8. The molecule has 0 unspecified atom stereocenters. The Kier molecular flexibility index (Phi) is 8.93. The van der Waals surface area contributed by atoms with E-state index in [1.807, 2.05) is 103 Å². The largest absolute Gasteiger partial charge is 0.441 e. The molecular weight excluding hydrogens is 450 g/mol. The van der Waals surface area contributed by atoms with Crippen LogP contribution in [0.2, 0.25) is 0 Å². The lowest BCUT2D eigenvalue weighted by Gasteiger charge is -2.33. The van der Waals surface area contributed by atoms with Crippen molar-refractivity contribution in [3.05, 3.63) is 114 Å². The highest BCUT2D eigenvalue weighted by Gasteiger charge is 2.48. The summed E-state index contributed by atoms with van der Waals surface area (Å²) in [4.78, 5) is 15.4. The second kappa shape index (κ2) is 12.5. The zero-order valence-corrected chi connectivity index (χ0v) is 20.9. The number of hydrogen-bond donors (Lipinski definition) is 1. The molecular formula is C31H35NO4. The zero-order valence-electron chi connectivity index (χ0n) is 20.9. The second-order valence-corrected chi connectivity index (χ2v) is 9.04. The van der Waals surface area contributed by atoms with Gasteiger partial charge in [0.05, 0.1) is 24.8 Å². The Morgan fingerprint density at radius 2 is 1.42 bits per heavy atom. The molecule has 1 heterocycles. The first-order valence-electron chi connectivity index (χ1n) is 12.7. The van der Waals surface area contributed by atoms with E-state index in [2.05, 4.69) is 13.8 Å². The van der Waals surface area contributed by atoms with Gasteiger partial charge in [-0.2, -0.15) is 0 Å². The van der Waals surface area contributed by atoms with Gasteiger partial charge in [0.25, 0.3) is 0 Å². The molecule has 3 aromatic rings. The molecule has 1 saturated heterocycles. The highest BCUT2D eigenvalue weighted by molar-refractivity contribution is 5.73. The van der Waals surface area contributed by atoms with Gasteiger partial charge in [-0.25, -0.2) is 4.79 Å². The molecule has 1 fully saturated rings. The average Bonchev–Trinajstić information content (AvgIpc) is 3.25. The van der Waals surface area contributed by atoms with Crippen LogP contribution in [0.15, 0.2) is 97.1 Å². The number of aliphatic hydroxyl groups excluding tert-OH is 1. The summed E-state index contributed by atoms with van der Waals surface area (Å²) in [6.07, 6.45) is 3.91. The van der Waals surface area contributed by atoms with Crippen molar-refractivity contribution in [2.24, 2.45) is 0 Å². The van der Waals surface area contributed by atoms with Crippen molar-refractivity contribution >= 4 is 12.2 Å². The Labute approximate surface area is 214 Å². The van der Waals surface area contributed by atoms with Crippen molar-refractivity contribution in [3.8, 4) is 0 Å². The molecule has 0 spiro atoms. The van der Waals surface area contributed by atoms with Crippen LogP contribution in [0.3, 0.4) is 0 Å². The van der Waals surface area contributed by atoms with Crippen LogP contribution in [0.4, 0.5) is 4.79 Å². The summed E-state index contributed by atoms with van der Waals surface area (Å²) < 4.78 is 12.3. The summed E-state index contributed by atoms with van der Waals surface area (Å²) >= 11 is 0. The topological polar surface area (TPSA) is 59.0 Å². The van der Waals surface area contributed by atoms with Crippen molar-refractivity contribution < 1.29 is 19.4 Å². The molecule has 1 aliphatic rings. The van der Waals surface area contributed by atoms with Crippen molar-refractivity contribution in [3.63, 3.8) is 0 Å². The van der Waals surface area contributed by atoms with Crippen molar-refractivity contribution in [1.29, 1.82) is 0 Å². The monoisotopic (exact) mass is 485 g/mol. The Hall–Kier alpha value is -3.41. The fourth-order valence-electron chi connectivity index (χ4n) is 4.81. The average molecular weight is 486 g/mol.